The Balaban J connectivity index is 0.000000552. The molecular formula is C26H23AsO2. The Bertz CT molecular complexity index is 850. The number of rotatable bonds is 4. The molecule has 0 amide bonds. The van der Waals surface area contributed by atoms with E-state index in [2.05, 4.69) is 121 Å². The second-order valence-corrected chi connectivity index (χ2v) is 13.7. The standard InChI is InChI=1S/C24H20As.C2H4O2/c1-5-13-21(14-6-1)25(22-15-7-2-8-16-22,23-17-9-3-10-18-23)24-19-11-4-12-20-24;1-2(3)4/h1-20H;1H3,(H,3,4)/q+1;/p-1. The summed E-state index contributed by atoms with van der Waals surface area (Å²) in [6.45, 7) is 0.972. The van der Waals surface area contributed by atoms with E-state index >= 15 is 0 Å². The second kappa shape index (κ2) is 9.91. The summed E-state index contributed by atoms with van der Waals surface area (Å²) >= 11 is -2.77. The molecule has 0 radical (unpaired) electrons. The zero-order valence-electron chi connectivity index (χ0n) is 16.3. The van der Waals surface area contributed by atoms with Crippen molar-refractivity contribution in [3.05, 3.63) is 121 Å². The molecule has 0 fully saturated rings. The Morgan fingerprint density at radius 2 is 0.690 bits per heavy atom. The third kappa shape index (κ3) is 4.67. The average Bonchev–Trinajstić information content (AvgIpc) is 2.77. The third-order valence-corrected chi connectivity index (χ3v) is 13.6. The quantitative estimate of drug-likeness (QED) is 0.453. The van der Waals surface area contributed by atoms with Gasteiger partial charge in [0, 0.05) is 5.97 Å². The van der Waals surface area contributed by atoms with Crippen LogP contribution in [0.5, 0.6) is 0 Å². The molecule has 29 heavy (non-hydrogen) atoms. The molecule has 4 aromatic carbocycles. The molecule has 0 N–H and O–H groups in total. The fourth-order valence-corrected chi connectivity index (χ4v) is 12.5. The van der Waals surface area contributed by atoms with Gasteiger partial charge in [-0.2, -0.15) is 0 Å². The van der Waals surface area contributed by atoms with Crippen LogP contribution in [-0.4, -0.2) is 19.5 Å². The predicted molar refractivity (Wildman–Crippen MR) is 121 cm³/mol. The van der Waals surface area contributed by atoms with Crippen molar-refractivity contribution in [1.82, 2.24) is 0 Å². The van der Waals surface area contributed by atoms with Gasteiger partial charge in [-0.25, -0.2) is 0 Å². The molecule has 0 heterocycles. The number of carboxylic acids is 1. The van der Waals surface area contributed by atoms with Gasteiger partial charge in [0.1, 0.15) is 0 Å². The van der Waals surface area contributed by atoms with Gasteiger partial charge in [0.25, 0.3) is 0 Å². The van der Waals surface area contributed by atoms with Crippen LogP contribution in [0.3, 0.4) is 0 Å². The molecule has 3 heteroatoms. The summed E-state index contributed by atoms with van der Waals surface area (Å²) in [5.41, 5.74) is 0. The van der Waals surface area contributed by atoms with E-state index in [1.54, 1.807) is 0 Å². The summed E-state index contributed by atoms with van der Waals surface area (Å²) < 4.78 is 5.79. The van der Waals surface area contributed by atoms with Gasteiger partial charge in [-0.15, -0.1) is 0 Å². The van der Waals surface area contributed by atoms with E-state index in [9.17, 15) is 0 Å². The first-order valence-electron chi connectivity index (χ1n) is 9.45. The zero-order chi connectivity index (χ0) is 20.5. The van der Waals surface area contributed by atoms with Gasteiger partial charge in [0.15, 0.2) is 0 Å². The van der Waals surface area contributed by atoms with Crippen LogP contribution in [0.1, 0.15) is 6.92 Å². The molecule has 144 valence electrons. The minimum atomic E-state index is -2.77. The van der Waals surface area contributed by atoms with Crippen molar-refractivity contribution in [2.45, 2.75) is 6.92 Å². The van der Waals surface area contributed by atoms with Crippen LogP contribution >= 0.6 is 0 Å². The van der Waals surface area contributed by atoms with Crippen molar-refractivity contribution in [2.75, 3.05) is 0 Å². The number of carbonyl (C=O) groups is 1. The van der Waals surface area contributed by atoms with Crippen LogP contribution in [0.15, 0.2) is 121 Å². The number of hydrogen-bond donors (Lipinski definition) is 0. The Hall–Kier alpha value is -3.09. The van der Waals surface area contributed by atoms with Gasteiger partial charge in [0.2, 0.25) is 0 Å². The molecule has 0 aromatic heterocycles. The van der Waals surface area contributed by atoms with Crippen molar-refractivity contribution >= 4 is 36.9 Å². The Kier molecular flexibility index (Phi) is 7.05. The van der Waals surface area contributed by atoms with E-state index in [1.807, 2.05) is 0 Å². The van der Waals surface area contributed by atoms with Gasteiger partial charge in [-0.1, -0.05) is 0 Å². The van der Waals surface area contributed by atoms with E-state index in [1.165, 1.54) is 17.4 Å². The first-order valence-corrected chi connectivity index (χ1v) is 13.2. The number of carbonyl (C=O) groups excluding carboxylic acids is 1. The monoisotopic (exact) mass is 442 g/mol. The first-order chi connectivity index (χ1) is 14.2. The minimum absolute atomic E-state index is 0.972. The summed E-state index contributed by atoms with van der Waals surface area (Å²) in [5, 5.41) is 8.89. The molecule has 0 saturated carbocycles. The Morgan fingerprint density at radius 3 is 0.862 bits per heavy atom. The van der Waals surface area contributed by atoms with Crippen molar-refractivity contribution in [2.24, 2.45) is 0 Å². The second-order valence-electron chi connectivity index (χ2n) is 6.50. The molecule has 0 aliphatic heterocycles. The van der Waals surface area contributed by atoms with E-state index < -0.39 is 19.5 Å². The van der Waals surface area contributed by atoms with Gasteiger partial charge in [-0.3, -0.25) is 0 Å². The first kappa shape index (κ1) is 20.6. The summed E-state index contributed by atoms with van der Waals surface area (Å²) in [6, 6.07) is 44.2. The summed E-state index contributed by atoms with van der Waals surface area (Å²) in [6.07, 6.45) is 0. The van der Waals surface area contributed by atoms with E-state index in [0.29, 0.717) is 0 Å². The van der Waals surface area contributed by atoms with Gasteiger partial charge < -0.3 is 9.90 Å². The van der Waals surface area contributed by atoms with Crippen molar-refractivity contribution < 1.29 is 9.90 Å². The molecular weight excluding hydrogens is 419 g/mol. The number of benzene rings is 4. The molecule has 0 saturated heterocycles. The molecule has 0 bridgehead atoms. The Labute approximate surface area is 174 Å². The van der Waals surface area contributed by atoms with Crippen LogP contribution in [0.4, 0.5) is 0 Å². The number of carboxylic acid groups (broad SMARTS) is 1. The van der Waals surface area contributed by atoms with E-state index in [4.69, 9.17) is 9.90 Å². The van der Waals surface area contributed by atoms with E-state index in [-0.39, 0.29) is 0 Å². The van der Waals surface area contributed by atoms with Crippen molar-refractivity contribution in [1.29, 1.82) is 0 Å². The van der Waals surface area contributed by atoms with Crippen molar-refractivity contribution in [3.63, 3.8) is 0 Å². The molecule has 0 unspecified atom stereocenters. The molecule has 0 aliphatic carbocycles. The number of aliphatic carboxylic acids is 1. The van der Waals surface area contributed by atoms with Gasteiger partial charge in [-0.05, 0) is 6.92 Å². The summed E-state index contributed by atoms with van der Waals surface area (Å²) in [7, 11) is 0. The molecule has 0 atom stereocenters. The van der Waals surface area contributed by atoms with Gasteiger partial charge >= 0.3 is 152 Å². The SMILES string of the molecule is CC(=O)[O-].c1ccc([As+](c2ccccc2)(c2ccccc2)c2ccccc2)cc1. The molecule has 0 spiro atoms. The third-order valence-electron chi connectivity index (χ3n) is 4.57. The molecule has 0 aliphatic rings. The topological polar surface area (TPSA) is 40.1 Å². The normalized spacial score (nSPS) is 10.5. The van der Waals surface area contributed by atoms with Crippen LogP contribution in [0, 0.1) is 0 Å². The predicted octanol–water partition coefficient (Wildman–Crippen LogP) is 1.82. The molecule has 4 aromatic rings. The van der Waals surface area contributed by atoms with Crippen LogP contribution in [0.2, 0.25) is 0 Å². The fourth-order valence-electron chi connectivity index (χ4n) is 3.50. The molecule has 2 nitrogen and oxygen atoms in total. The van der Waals surface area contributed by atoms with Crippen LogP contribution < -0.4 is 22.5 Å². The maximum absolute atomic E-state index is 8.89. The average molecular weight is 442 g/mol. The van der Waals surface area contributed by atoms with Gasteiger partial charge in [0.05, 0.1) is 0 Å². The van der Waals surface area contributed by atoms with E-state index in [0.717, 1.165) is 6.92 Å². The van der Waals surface area contributed by atoms with Crippen molar-refractivity contribution in [3.8, 4) is 0 Å². The maximum atomic E-state index is 8.89. The summed E-state index contributed by atoms with van der Waals surface area (Å²) in [5.74, 6) is -1.08. The van der Waals surface area contributed by atoms with Crippen LogP contribution in [0.25, 0.3) is 0 Å². The zero-order valence-corrected chi connectivity index (χ0v) is 18.2. The molecule has 4 rings (SSSR count). The summed E-state index contributed by atoms with van der Waals surface area (Å²) in [4.78, 5) is 8.89. The Morgan fingerprint density at radius 1 is 0.517 bits per heavy atom. The number of hydrogen-bond acceptors (Lipinski definition) is 2. The fraction of sp³-hybridized carbons (Fsp3) is 0.0385. The van der Waals surface area contributed by atoms with Crippen LogP contribution in [-0.2, 0) is 4.79 Å².